The van der Waals surface area contributed by atoms with Crippen molar-refractivity contribution >= 4 is 6.09 Å². The molecule has 0 aromatic heterocycles. The smallest absolute Gasteiger partial charge is 0.410 e. The van der Waals surface area contributed by atoms with Crippen LogP contribution in [0.2, 0.25) is 0 Å². The van der Waals surface area contributed by atoms with Gasteiger partial charge < -0.3 is 20.1 Å². The molecule has 0 aromatic carbocycles. The van der Waals surface area contributed by atoms with Crippen molar-refractivity contribution in [2.75, 3.05) is 19.6 Å². The average molecular weight is 272 g/mol. The molecule has 0 bridgehead atoms. The fraction of sp³-hybridized carbons (Fsp3) is 0.929. The maximum Gasteiger partial charge on any atom is 0.410 e. The van der Waals surface area contributed by atoms with E-state index in [2.05, 4.69) is 5.32 Å². The Morgan fingerprint density at radius 2 is 2.21 bits per heavy atom. The number of nitrogens with zero attached hydrogens (tertiary/aromatic N) is 1. The van der Waals surface area contributed by atoms with E-state index in [4.69, 9.17) is 4.74 Å². The second kappa shape index (κ2) is 7.10. The number of aliphatic hydroxyl groups is 1. The number of ether oxygens (including phenoxy) is 1. The normalized spacial score (nSPS) is 22.2. The second-order valence-corrected chi connectivity index (χ2v) is 6.36. The van der Waals surface area contributed by atoms with Crippen LogP contribution < -0.4 is 5.32 Å². The Kier molecular flexibility index (Phi) is 6.07. The summed E-state index contributed by atoms with van der Waals surface area (Å²) < 4.78 is 5.39. The summed E-state index contributed by atoms with van der Waals surface area (Å²) in [6.07, 6.45) is 2.29. The van der Waals surface area contributed by atoms with E-state index in [0.29, 0.717) is 12.6 Å². The molecule has 5 heteroatoms. The summed E-state index contributed by atoms with van der Waals surface area (Å²) in [5.74, 6) is 0. The first-order chi connectivity index (χ1) is 8.78. The number of carbonyl (C=O) groups excluding carboxylic acids is 1. The molecule has 0 aromatic rings. The van der Waals surface area contributed by atoms with Crippen molar-refractivity contribution in [2.45, 2.75) is 64.7 Å². The van der Waals surface area contributed by atoms with Crippen LogP contribution in [0.1, 0.15) is 47.0 Å². The molecule has 19 heavy (non-hydrogen) atoms. The van der Waals surface area contributed by atoms with Gasteiger partial charge in [0.05, 0.1) is 6.10 Å². The van der Waals surface area contributed by atoms with Crippen LogP contribution in [0, 0.1) is 0 Å². The zero-order chi connectivity index (χ0) is 14.5. The van der Waals surface area contributed by atoms with E-state index in [1.807, 2.05) is 20.8 Å². The molecule has 5 nitrogen and oxygen atoms in total. The largest absolute Gasteiger partial charge is 0.444 e. The SMILES string of the molecule is CC(O)CCNC1CCCN(C(=O)OC(C)(C)C)C1. The molecule has 112 valence electrons. The number of carbonyl (C=O) groups is 1. The molecule has 1 heterocycles. The Bertz CT molecular complexity index is 287. The van der Waals surface area contributed by atoms with Gasteiger partial charge in [-0.25, -0.2) is 4.79 Å². The summed E-state index contributed by atoms with van der Waals surface area (Å²) in [4.78, 5) is 13.7. The number of piperidine rings is 1. The zero-order valence-electron chi connectivity index (χ0n) is 12.6. The lowest BCUT2D eigenvalue weighted by molar-refractivity contribution is 0.0186. The van der Waals surface area contributed by atoms with Crippen LogP contribution in [0.3, 0.4) is 0 Å². The zero-order valence-corrected chi connectivity index (χ0v) is 12.6. The Morgan fingerprint density at radius 1 is 1.53 bits per heavy atom. The van der Waals surface area contributed by atoms with Crippen molar-refractivity contribution < 1.29 is 14.6 Å². The number of hydrogen-bond donors (Lipinski definition) is 2. The van der Waals surface area contributed by atoms with Gasteiger partial charge in [-0.1, -0.05) is 0 Å². The summed E-state index contributed by atoms with van der Waals surface area (Å²) >= 11 is 0. The van der Waals surface area contributed by atoms with Crippen LogP contribution in [0.15, 0.2) is 0 Å². The first-order valence-electron chi connectivity index (χ1n) is 7.17. The molecule has 1 amide bonds. The lowest BCUT2D eigenvalue weighted by atomic mass is 10.1. The number of likely N-dealkylation sites (tertiary alicyclic amines) is 1. The van der Waals surface area contributed by atoms with Gasteiger partial charge in [-0.2, -0.15) is 0 Å². The maximum absolute atomic E-state index is 12.0. The number of aliphatic hydroxyl groups excluding tert-OH is 1. The summed E-state index contributed by atoms with van der Waals surface area (Å²) in [7, 11) is 0. The summed E-state index contributed by atoms with van der Waals surface area (Å²) in [5.41, 5.74) is -0.441. The molecule has 0 radical (unpaired) electrons. The molecule has 1 rings (SSSR count). The lowest BCUT2D eigenvalue weighted by Crippen LogP contribution is -2.49. The molecule has 2 N–H and O–H groups in total. The molecule has 2 atom stereocenters. The Labute approximate surface area is 116 Å². The van der Waals surface area contributed by atoms with Crippen molar-refractivity contribution in [3.8, 4) is 0 Å². The molecular formula is C14H28N2O3. The highest BCUT2D eigenvalue weighted by molar-refractivity contribution is 5.68. The first kappa shape index (κ1) is 16.2. The number of amides is 1. The van der Waals surface area contributed by atoms with E-state index in [9.17, 15) is 9.90 Å². The molecule has 1 saturated heterocycles. The van der Waals surface area contributed by atoms with Crippen LogP contribution in [-0.2, 0) is 4.74 Å². The quantitative estimate of drug-likeness (QED) is 0.818. The minimum absolute atomic E-state index is 0.227. The lowest BCUT2D eigenvalue weighted by Gasteiger charge is -2.34. The first-order valence-corrected chi connectivity index (χ1v) is 7.17. The molecule has 1 aliphatic heterocycles. The second-order valence-electron chi connectivity index (χ2n) is 6.36. The van der Waals surface area contributed by atoms with Crippen molar-refractivity contribution in [1.29, 1.82) is 0 Å². The third-order valence-electron chi connectivity index (χ3n) is 3.07. The van der Waals surface area contributed by atoms with E-state index in [1.54, 1.807) is 11.8 Å². The molecule has 2 unspecified atom stereocenters. The Hall–Kier alpha value is -0.810. The minimum Gasteiger partial charge on any atom is -0.444 e. The molecule has 1 fully saturated rings. The Morgan fingerprint density at radius 3 is 2.79 bits per heavy atom. The van der Waals surface area contributed by atoms with Crippen molar-refractivity contribution in [2.24, 2.45) is 0 Å². The third kappa shape index (κ3) is 6.78. The van der Waals surface area contributed by atoms with Crippen LogP contribution in [0.4, 0.5) is 4.79 Å². The van der Waals surface area contributed by atoms with Gasteiger partial charge in [-0.15, -0.1) is 0 Å². The van der Waals surface area contributed by atoms with Crippen molar-refractivity contribution in [3.63, 3.8) is 0 Å². The topological polar surface area (TPSA) is 61.8 Å². The third-order valence-corrected chi connectivity index (χ3v) is 3.07. The monoisotopic (exact) mass is 272 g/mol. The van der Waals surface area contributed by atoms with Gasteiger partial charge in [0.2, 0.25) is 0 Å². The summed E-state index contributed by atoms with van der Waals surface area (Å²) in [5, 5.41) is 12.6. The van der Waals surface area contributed by atoms with Gasteiger partial charge in [0.25, 0.3) is 0 Å². The molecule has 0 saturated carbocycles. The highest BCUT2D eigenvalue weighted by atomic mass is 16.6. The van der Waals surface area contributed by atoms with Gasteiger partial charge in [-0.05, 0) is 53.5 Å². The van der Waals surface area contributed by atoms with E-state index in [0.717, 1.165) is 32.4 Å². The van der Waals surface area contributed by atoms with Crippen LogP contribution in [-0.4, -0.2) is 53.5 Å². The Balaban J connectivity index is 2.35. The predicted molar refractivity (Wildman–Crippen MR) is 75.1 cm³/mol. The van der Waals surface area contributed by atoms with Gasteiger partial charge in [0, 0.05) is 19.1 Å². The highest BCUT2D eigenvalue weighted by Crippen LogP contribution is 2.15. The van der Waals surface area contributed by atoms with Gasteiger partial charge >= 0.3 is 6.09 Å². The molecular weight excluding hydrogens is 244 g/mol. The van der Waals surface area contributed by atoms with Gasteiger partial charge in [-0.3, -0.25) is 0 Å². The van der Waals surface area contributed by atoms with E-state index >= 15 is 0 Å². The number of rotatable bonds is 4. The highest BCUT2D eigenvalue weighted by Gasteiger charge is 2.27. The number of nitrogens with one attached hydrogen (secondary N) is 1. The summed E-state index contributed by atoms with van der Waals surface area (Å²) in [6, 6.07) is 0.306. The van der Waals surface area contributed by atoms with E-state index < -0.39 is 5.60 Å². The van der Waals surface area contributed by atoms with E-state index in [-0.39, 0.29) is 12.2 Å². The standard InChI is InChI=1S/C14H28N2O3/c1-11(17)7-8-15-12-6-5-9-16(10-12)13(18)19-14(2,3)4/h11-12,15,17H,5-10H2,1-4H3. The fourth-order valence-corrected chi connectivity index (χ4v) is 2.13. The van der Waals surface area contributed by atoms with Gasteiger partial charge in [0.15, 0.2) is 0 Å². The van der Waals surface area contributed by atoms with Crippen molar-refractivity contribution in [3.05, 3.63) is 0 Å². The fourth-order valence-electron chi connectivity index (χ4n) is 2.13. The van der Waals surface area contributed by atoms with Crippen molar-refractivity contribution in [1.82, 2.24) is 10.2 Å². The molecule has 1 aliphatic rings. The van der Waals surface area contributed by atoms with Crippen LogP contribution in [0.5, 0.6) is 0 Å². The maximum atomic E-state index is 12.0. The number of hydrogen-bond acceptors (Lipinski definition) is 4. The predicted octanol–water partition coefficient (Wildman–Crippen LogP) is 1.75. The summed E-state index contributed by atoms with van der Waals surface area (Å²) in [6.45, 7) is 9.67. The average Bonchev–Trinajstić information content (AvgIpc) is 2.26. The minimum atomic E-state index is -0.441. The van der Waals surface area contributed by atoms with E-state index in [1.165, 1.54) is 0 Å². The molecule has 0 aliphatic carbocycles. The van der Waals surface area contributed by atoms with Crippen LogP contribution >= 0.6 is 0 Å². The van der Waals surface area contributed by atoms with Gasteiger partial charge in [0.1, 0.15) is 5.60 Å². The van der Waals surface area contributed by atoms with Crippen LogP contribution in [0.25, 0.3) is 0 Å². The molecule has 0 spiro atoms.